The van der Waals surface area contributed by atoms with Gasteiger partial charge in [0.05, 0.1) is 19.4 Å². The lowest BCUT2D eigenvalue weighted by atomic mass is 10.3. The SMILES string of the molecule is O=C(c1ccc(-n2ccc(-c3cnccn3)n2)o1)N1CCOCC1. The first-order valence-electron chi connectivity index (χ1n) is 7.60. The first-order valence-corrected chi connectivity index (χ1v) is 7.60. The summed E-state index contributed by atoms with van der Waals surface area (Å²) >= 11 is 0. The molecule has 3 aromatic heterocycles. The van der Waals surface area contributed by atoms with Crippen LogP contribution in [0.25, 0.3) is 17.3 Å². The molecule has 0 aromatic carbocycles. The molecule has 3 aromatic rings. The van der Waals surface area contributed by atoms with E-state index in [1.54, 1.807) is 46.5 Å². The summed E-state index contributed by atoms with van der Waals surface area (Å²) in [6.07, 6.45) is 6.62. The van der Waals surface area contributed by atoms with Crippen LogP contribution in [0.15, 0.2) is 47.4 Å². The van der Waals surface area contributed by atoms with Crippen LogP contribution in [0.1, 0.15) is 10.6 Å². The van der Waals surface area contributed by atoms with Crippen molar-refractivity contribution in [1.82, 2.24) is 24.6 Å². The van der Waals surface area contributed by atoms with Gasteiger partial charge < -0.3 is 14.1 Å². The standard InChI is InChI=1S/C16H15N5O3/c22-16(20-7-9-23-10-8-20)14-1-2-15(24-14)21-6-3-12(19-21)13-11-17-4-5-18-13/h1-6,11H,7-10H2. The Morgan fingerprint density at radius 2 is 1.96 bits per heavy atom. The largest absolute Gasteiger partial charge is 0.433 e. The van der Waals surface area contributed by atoms with Gasteiger partial charge in [0.25, 0.3) is 5.91 Å². The zero-order chi connectivity index (χ0) is 16.4. The summed E-state index contributed by atoms with van der Waals surface area (Å²) in [5, 5.41) is 4.41. The Hall–Kier alpha value is -3.00. The van der Waals surface area contributed by atoms with Gasteiger partial charge in [0.2, 0.25) is 5.88 Å². The van der Waals surface area contributed by atoms with Crippen LogP contribution in [0.5, 0.6) is 0 Å². The van der Waals surface area contributed by atoms with Gasteiger partial charge in [-0.15, -0.1) is 0 Å². The molecule has 0 saturated carbocycles. The van der Waals surface area contributed by atoms with Crippen molar-refractivity contribution in [2.45, 2.75) is 0 Å². The number of amides is 1. The highest BCUT2D eigenvalue weighted by molar-refractivity contribution is 5.91. The zero-order valence-corrected chi connectivity index (χ0v) is 12.8. The minimum absolute atomic E-state index is 0.133. The van der Waals surface area contributed by atoms with E-state index in [1.807, 2.05) is 6.07 Å². The predicted octanol–water partition coefficient (Wildman–Crippen LogP) is 1.39. The van der Waals surface area contributed by atoms with Gasteiger partial charge in [-0.2, -0.15) is 5.10 Å². The fourth-order valence-corrected chi connectivity index (χ4v) is 2.50. The minimum Gasteiger partial charge on any atom is -0.433 e. The summed E-state index contributed by atoms with van der Waals surface area (Å²) < 4.78 is 12.5. The summed E-state index contributed by atoms with van der Waals surface area (Å²) in [5.41, 5.74) is 1.35. The Kier molecular flexibility index (Phi) is 3.80. The first-order chi connectivity index (χ1) is 11.8. The number of morpholine rings is 1. The average Bonchev–Trinajstić information content (AvgIpc) is 3.32. The second-order valence-corrected chi connectivity index (χ2v) is 5.28. The van der Waals surface area contributed by atoms with Gasteiger partial charge in [0, 0.05) is 37.7 Å². The second kappa shape index (κ2) is 6.25. The highest BCUT2D eigenvalue weighted by atomic mass is 16.5. The van der Waals surface area contributed by atoms with Crippen LogP contribution in [0.3, 0.4) is 0 Å². The number of hydrogen-bond acceptors (Lipinski definition) is 6. The molecular weight excluding hydrogens is 310 g/mol. The number of furan rings is 1. The number of nitrogens with zero attached hydrogens (tertiary/aromatic N) is 5. The number of carbonyl (C=O) groups is 1. The molecule has 0 bridgehead atoms. The number of carbonyl (C=O) groups excluding carboxylic acids is 1. The molecule has 0 spiro atoms. The molecule has 1 saturated heterocycles. The average molecular weight is 325 g/mol. The lowest BCUT2D eigenvalue weighted by Crippen LogP contribution is -2.40. The van der Waals surface area contributed by atoms with Gasteiger partial charge in [-0.25, -0.2) is 4.68 Å². The lowest BCUT2D eigenvalue weighted by molar-refractivity contribution is 0.0282. The fraction of sp³-hybridized carbons (Fsp3) is 0.250. The summed E-state index contributed by atoms with van der Waals surface area (Å²) in [6.45, 7) is 2.26. The first kappa shape index (κ1) is 14.6. The zero-order valence-electron chi connectivity index (χ0n) is 12.8. The van der Waals surface area contributed by atoms with E-state index in [4.69, 9.17) is 9.15 Å². The minimum atomic E-state index is -0.133. The van der Waals surface area contributed by atoms with Gasteiger partial charge in [-0.05, 0) is 12.1 Å². The van der Waals surface area contributed by atoms with Crippen LogP contribution in [0.4, 0.5) is 0 Å². The van der Waals surface area contributed by atoms with E-state index >= 15 is 0 Å². The van der Waals surface area contributed by atoms with E-state index in [9.17, 15) is 4.79 Å². The topological polar surface area (TPSA) is 86.3 Å². The Morgan fingerprint density at radius 3 is 2.75 bits per heavy atom. The maximum atomic E-state index is 12.4. The molecule has 4 heterocycles. The third-order valence-electron chi connectivity index (χ3n) is 3.74. The van der Waals surface area contributed by atoms with E-state index in [-0.39, 0.29) is 5.91 Å². The summed E-state index contributed by atoms with van der Waals surface area (Å²) in [7, 11) is 0. The fourth-order valence-electron chi connectivity index (χ4n) is 2.50. The van der Waals surface area contributed by atoms with Crippen molar-refractivity contribution in [3.63, 3.8) is 0 Å². The van der Waals surface area contributed by atoms with Crippen molar-refractivity contribution in [3.8, 4) is 17.3 Å². The maximum absolute atomic E-state index is 12.4. The molecule has 1 amide bonds. The molecule has 0 atom stereocenters. The highest BCUT2D eigenvalue weighted by Gasteiger charge is 2.22. The summed E-state index contributed by atoms with van der Waals surface area (Å²) in [6, 6.07) is 5.20. The van der Waals surface area contributed by atoms with E-state index in [0.717, 1.165) is 0 Å². The van der Waals surface area contributed by atoms with Gasteiger partial charge in [0.15, 0.2) is 5.76 Å². The van der Waals surface area contributed by atoms with Crippen LogP contribution in [-0.4, -0.2) is 56.9 Å². The number of rotatable bonds is 3. The monoisotopic (exact) mass is 325 g/mol. The van der Waals surface area contributed by atoms with Crippen molar-refractivity contribution in [3.05, 3.63) is 48.7 Å². The molecule has 24 heavy (non-hydrogen) atoms. The molecule has 0 aliphatic carbocycles. The summed E-state index contributed by atoms with van der Waals surface area (Å²) in [5.74, 6) is 0.635. The van der Waals surface area contributed by atoms with Crippen LogP contribution in [-0.2, 0) is 4.74 Å². The molecule has 122 valence electrons. The van der Waals surface area contributed by atoms with Crippen molar-refractivity contribution >= 4 is 5.91 Å². The molecule has 1 fully saturated rings. The molecular formula is C16H15N5O3. The second-order valence-electron chi connectivity index (χ2n) is 5.28. The molecule has 0 unspecified atom stereocenters. The van der Waals surface area contributed by atoms with Crippen molar-refractivity contribution in [2.75, 3.05) is 26.3 Å². The van der Waals surface area contributed by atoms with Gasteiger partial charge in [-0.3, -0.25) is 14.8 Å². The third kappa shape index (κ3) is 2.79. The molecule has 4 rings (SSSR count). The molecule has 8 heteroatoms. The van der Waals surface area contributed by atoms with Gasteiger partial charge in [0.1, 0.15) is 11.4 Å². The predicted molar refractivity (Wildman–Crippen MR) is 83.6 cm³/mol. The number of aromatic nitrogens is 4. The lowest BCUT2D eigenvalue weighted by Gasteiger charge is -2.25. The van der Waals surface area contributed by atoms with Crippen molar-refractivity contribution < 1.29 is 13.9 Å². The van der Waals surface area contributed by atoms with Crippen LogP contribution >= 0.6 is 0 Å². The van der Waals surface area contributed by atoms with Gasteiger partial charge >= 0.3 is 0 Å². The molecule has 8 nitrogen and oxygen atoms in total. The van der Waals surface area contributed by atoms with Crippen LogP contribution in [0.2, 0.25) is 0 Å². The Balaban J connectivity index is 1.55. The third-order valence-corrected chi connectivity index (χ3v) is 3.74. The molecule has 1 aliphatic rings. The smallest absolute Gasteiger partial charge is 0.289 e. The van der Waals surface area contributed by atoms with Crippen LogP contribution in [0, 0.1) is 0 Å². The van der Waals surface area contributed by atoms with Crippen LogP contribution < -0.4 is 0 Å². The van der Waals surface area contributed by atoms with Crippen molar-refractivity contribution in [1.29, 1.82) is 0 Å². The van der Waals surface area contributed by atoms with E-state index in [1.165, 1.54) is 0 Å². The Bertz CT molecular complexity index is 836. The maximum Gasteiger partial charge on any atom is 0.289 e. The Labute approximate surface area is 137 Å². The number of hydrogen-bond donors (Lipinski definition) is 0. The molecule has 0 radical (unpaired) electrons. The molecule has 1 aliphatic heterocycles. The van der Waals surface area contributed by atoms with E-state index in [2.05, 4.69) is 15.1 Å². The number of ether oxygens (including phenoxy) is 1. The summed E-state index contributed by atoms with van der Waals surface area (Å²) in [4.78, 5) is 22.4. The Morgan fingerprint density at radius 1 is 1.08 bits per heavy atom. The van der Waals surface area contributed by atoms with E-state index < -0.39 is 0 Å². The highest BCUT2D eigenvalue weighted by Crippen LogP contribution is 2.18. The molecule has 0 N–H and O–H groups in total. The van der Waals surface area contributed by atoms with E-state index in [0.29, 0.717) is 49.3 Å². The van der Waals surface area contributed by atoms with Crippen molar-refractivity contribution in [2.24, 2.45) is 0 Å². The quantitative estimate of drug-likeness (QED) is 0.723. The normalized spacial score (nSPS) is 14.8. The van der Waals surface area contributed by atoms with Gasteiger partial charge in [-0.1, -0.05) is 0 Å².